The van der Waals surface area contributed by atoms with E-state index in [1.165, 1.54) is 4.90 Å². The maximum atomic E-state index is 13.2. The van der Waals surface area contributed by atoms with Gasteiger partial charge < -0.3 is 25.0 Å². The Labute approximate surface area is 169 Å². The average Bonchev–Trinajstić information content (AvgIpc) is 3.26. The van der Waals surface area contributed by atoms with Crippen LogP contribution < -0.4 is 5.32 Å². The molecule has 2 aromatic rings. The predicted molar refractivity (Wildman–Crippen MR) is 108 cm³/mol. The number of aromatic amines is 1. The summed E-state index contributed by atoms with van der Waals surface area (Å²) < 4.78 is 5.32. The molecular formula is C21H27N3O5. The number of para-hydroxylation sites is 1. The first-order valence-corrected chi connectivity index (χ1v) is 9.73. The molecule has 0 saturated carbocycles. The van der Waals surface area contributed by atoms with Crippen LogP contribution in [0.15, 0.2) is 30.5 Å². The second kappa shape index (κ2) is 8.14. The Hall–Kier alpha value is -3.03. The van der Waals surface area contributed by atoms with E-state index in [4.69, 9.17) is 4.74 Å². The van der Waals surface area contributed by atoms with Crippen molar-refractivity contribution >= 4 is 28.9 Å². The average molecular weight is 401 g/mol. The third-order valence-corrected chi connectivity index (χ3v) is 4.91. The van der Waals surface area contributed by atoms with E-state index >= 15 is 0 Å². The lowest BCUT2D eigenvalue weighted by Gasteiger charge is -2.28. The molecule has 1 fully saturated rings. The lowest BCUT2D eigenvalue weighted by atomic mass is 10.0. The summed E-state index contributed by atoms with van der Waals surface area (Å²) in [6, 6.07) is 5.88. The minimum atomic E-state index is -1.03. The summed E-state index contributed by atoms with van der Waals surface area (Å²) in [6.07, 6.45) is 2.36. The van der Waals surface area contributed by atoms with Crippen LogP contribution in [0.5, 0.6) is 0 Å². The number of fused-ring (bicyclic) bond motifs is 1. The first-order chi connectivity index (χ1) is 13.7. The van der Waals surface area contributed by atoms with Gasteiger partial charge >= 0.3 is 12.1 Å². The number of nitrogens with one attached hydrogen (secondary N) is 2. The molecule has 2 amide bonds. The number of carbonyl (C=O) groups is 3. The summed E-state index contributed by atoms with van der Waals surface area (Å²) in [6.45, 7) is 5.58. The van der Waals surface area contributed by atoms with Gasteiger partial charge in [-0.25, -0.2) is 9.59 Å². The molecule has 0 aliphatic carbocycles. The number of rotatable bonds is 5. The molecule has 0 radical (unpaired) electrons. The molecule has 0 unspecified atom stereocenters. The van der Waals surface area contributed by atoms with Crippen LogP contribution >= 0.6 is 0 Å². The third kappa shape index (κ3) is 4.88. The Balaban J connectivity index is 1.85. The van der Waals surface area contributed by atoms with Gasteiger partial charge in [-0.2, -0.15) is 0 Å². The fourth-order valence-corrected chi connectivity index (χ4v) is 3.66. The van der Waals surface area contributed by atoms with Crippen LogP contribution in [-0.4, -0.2) is 57.2 Å². The van der Waals surface area contributed by atoms with Gasteiger partial charge in [-0.05, 0) is 45.2 Å². The fraction of sp³-hybridized carbons (Fsp3) is 0.476. The minimum absolute atomic E-state index is 0.227. The number of H-pyrrole nitrogens is 1. The topological polar surface area (TPSA) is 112 Å². The molecule has 3 N–H and O–H groups in total. The molecule has 1 aromatic carbocycles. The van der Waals surface area contributed by atoms with Crippen molar-refractivity contribution in [2.24, 2.45) is 0 Å². The van der Waals surface area contributed by atoms with E-state index in [1.54, 1.807) is 27.0 Å². The number of carboxylic acid groups (broad SMARTS) is 1. The number of benzene rings is 1. The number of aliphatic carboxylic acids is 1. The summed E-state index contributed by atoms with van der Waals surface area (Å²) >= 11 is 0. The van der Waals surface area contributed by atoms with Crippen molar-refractivity contribution in [3.05, 3.63) is 36.0 Å². The van der Waals surface area contributed by atoms with Crippen LogP contribution in [0.25, 0.3) is 10.9 Å². The normalized spacial score (nSPS) is 17.9. The van der Waals surface area contributed by atoms with Gasteiger partial charge in [0.2, 0.25) is 5.91 Å². The van der Waals surface area contributed by atoms with Crippen LogP contribution in [-0.2, 0) is 20.7 Å². The molecule has 2 atom stereocenters. The van der Waals surface area contributed by atoms with E-state index in [-0.39, 0.29) is 6.42 Å². The number of alkyl carbamates (subject to hydrolysis) is 1. The lowest BCUT2D eigenvalue weighted by Crippen LogP contribution is -2.53. The van der Waals surface area contributed by atoms with E-state index in [2.05, 4.69) is 10.3 Å². The summed E-state index contributed by atoms with van der Waals surface area (Å²) in [5.41, 5.74) is 1.08. The highest BCUT2D eigenvalue weighted by Crippen LogP contribution is 2.23. The SMILES string of the molecule is CC(C)(C)OC(=O)N[C@@H](Cc1c[nH]c2ccccc12)C(=O)N1CCC[C@@H]1C(=O)O. The maximum absolute atomic E-state index is 13.2. The second-order valence-corrected chi connectivity index (χ2v) is 8.29. The van der Waals surface area contributed by atoms with Gasteiger partial charge in [0.25, 0.3) is 0 Å². The van der Waals surface area contributed by atoms with Gasteiger partial charge in [0, 0.05) is 30.1 Å². The van der Waals surface area contributed by atoms with E-state index in [9.17, 15) is 19.5 Å². The van der Waals surface area contributed by atoms with Gasteiger partial charge in [-0.15, -0.1) is 0 Å². The standard InChI is InChI=1S/C21H27N3O5/c1-21(2,3)29-20(28)23-16(18(25)24-10-6-9-17(24)19(26)27)11-13-12-22-15-8-5-4-7-14(13)15/h4-5,7-8,12,16-17,22H,6,9-11H2,1-3H3,(H,23,28)(H,26,27)/t16-,17+/m0/s1. The van der Waals surface area contributed by atoms with E-state index < -0.39 is 35.7 Å². The number of amides is 2. The van der Waals surface area contributed by atoms with E-state index in [0.29, 0.717) is 19.4 Å². The molecular weight excluding hydrogens is 374 g/mol. The van der Waals surface area contributed by atoms with Crippen molar-refractivity contribution in [2.75, 3.05) is 6.54 Å². The Morgan fingerprint density at radius 3 is 2.72 bits per heavy atom. The Bertz CT molecular complexity index is 914. The molecule has 156 valence electrons. The minimum Gasteiger partial charge on any atom is -0.480 e. The van der Waals surface area contributed by atoms with E-state index in [0.717, 1.165) is 16.5 Å². The molecule has 3 rings (SSSR count). The largest absolute Gasteiger partial charge is 0.480 e. The van der Waals surface area contributed by atoms with Crippen molar-refractivity contribution < 1.29 is 24.2 Å². The van der Waals surface area contributed by atoms with Gasteiger partial charge in [0.1, 0.15) is 17.7 Å². The van der Waals surface area contributed by atoms with Gasteiger partial charge in [0.05, 0.1) is 0 Å². The summed E-state index contributed by atoms with van der Waals surface area (Å²) in [5, 5.41) is 13.0. The molecule has 8 nitrogen and oxygen atoms in total. The summed E-state index contributed by atoms with van der Waals surface area (Å²) in [5.74, 6) is -1.44. The molecule has 2 heterocycles. The fourth-order valence-electron chi connectivity index (χ4n) is 3.66. The first kappa shape index (κ1) is 20.7. The zero-order valence-electron chi connectivity index (χ0n) is 16.9. The zero-order chi connectivity index (χ0) is 21.2. The quantitative estimate of drug-likeness (QED) is 0.713. The summed E-state index contributed by atoms with van der Waals surface area (Å²) in [4.78, 5) is 41.6. The van der Waals surface area contributed by atoms with Crippen molar-refractivity contribution in [3.8, 4) is 0 Å². The Morgan fingerprint density at radius 2 is 2.03 bits per heavy atom. The molecule has 0 spiro atoms. The maximum Gasteiger partial charge on any atom is 0.408 e. The highest BCUT2D eigenvalue weighted by atomic mass is 16.6. The number of carbonyl (C=O) groups excluding carboxylic acids is 2. The monoisotopic (exact) mass is 401 g/mol. The second-order valence-electron chi connectivity index (χ2n) is 8.29. The molecule has 1 aliphatic rings. The number of carboxylic acids is 1. The molecule has 8 heteroatoms. The van der Waals surface area contributed by atoms with Crippen molar-refractivity contribution in [1.29, 1.82) is 0 Å². The third-order valence-electron chi connectivity index (χ3n) is 4.91. The smallest absolute Gasteiger partial charge is 0.408 e. The predicted octanol–water partition coefficient (Wildman–Crippen LogP) is 2.68. The van der Waals surface area contributed by atoms with Crippen LogP contribution in [0.2, 0.25) is 0 Å². The molecule has 29 heavy (non-hydrogen) atoms. The number of hydrogen-bond acceptors (Lipinski definition) is 4. The van der Waals surface area contributed by atoms with Gasteiger partial charge in [-0.3, -0.25) is 4.79 Å². The first-order valence-electron chi connectivity index (χ1n) is 9.73. The molecule has 1 aromatic heterocycles. The highest BCUT2D eigenvalue weighted by molar-refractivity contribution is 5.91. The van der Waals surface area contributed by atoms with Crippen molar-refractivity contribution in [2.45, 2.75) is 57.7 Å². The molecule has 0 bridgehead atoms. The number of ether oxygens (including phenoxy) is 1. The van der Waals surface area contributed by atoms with Crippen LogP contribution in [0, 0.1) is 0 Å². The molecule has 1 aliphatic heterocycles. The van der Waals surface area contributed by atoms with Gasteiger partial charge in [-0.1, -0.05) is 18.2 Å². The van der Waals surface area contributed by atoms with Crippen LogP contribution in [0.3, 0.4) is 0 Å². The number of nitrogens with zero attached hydrogens (tertiary/aromatic N) is 1. The number of likely N-dealkylation sites (tertiary alicyclic amines) is 1. The number of aromatic nitrogens is 1. The lowest BCUT2D eigenvalue weighted by molar-refractivity contribution is -0.149. The van der Waals surface area contributed by atoms with Crippen LogP contribution in [0.4, 0.5) is 4.79 Å². The van der Waals surface area contributed by atoms with Crippen LogP contribution in [0.1, 0.15) is 39.2 Å². The highest BCUT2D eigenvalue weighted by Gasteiger charge is 2.38. The molecule has 1 saturated heterocycles. The van der Waals surface area contributed by atoms with E-state index in [1.807, 2.05) is 24.3 Å². The zero-order valence-corrected chi connectivity index (χ0v) is 16.9. The Kier molecular flexibility index (Phi) is 5.81. The van der Waals surface area contributed by atoms with Gasteiger partial charge in [0.15, 0.2) is 0 Å². The van der Waals surface area contributed by atoms with Crippen molar-refractivity contribution in [3.63, 3.8) is 0 Å². The number of hydrogen-bond donors (Lipinski definition) is 3. The Morgan fingerprint density at radius 1 is 1.31 bits per heavy atom. The summed E-state index contributed by atoms with van der Waals surface area (Å²) in [7, 11) is 0. The van der Waals surface area contributed by atoms with Crippen molar-refractivity contribution in [1.82, 2.24) is 15.2 Å².